The summed E-state index contributed by atoms with van der Waals surface area (Å²) in [4.78, 5) is 24.1. The summed E-state index contributed by atoms with van der Waals surface area (Å²) in [5.41, 5.74) is 4.88. The number of nitrogens with two attached hydrogens (primary N) is 1. The van der Waals surface area contributed by atoms with Gasteiger partial charge in [0.2, 0.25) is 15.8 Å². The molecule has 2 N–H and O–H groups in total. The van der Waals surface area contributed by atoms with Crippen molar-refractivity contribution in [1.29, 1.82) is 0 Å². The van der Waals surface area contributed by atoms with Crippen LogP contribution in [0.3, 0.4) is 0 Å². The van der Waals surface area contributed by atoms with E-state index in [1.165, 1.54) is 22.5 Å². The molecule has 1 aromatic heterocycles. The number of hydrogen-bond acceptors (Lipinski definition) is 6. The van der Waals surface area contributed by atoms with Crippen LogP contribution in [0.4, 0.5) is 0 Å². The molecule has 1 aliphatic rings. The quantitative estimate of drug-likeness (QED) is 0.621. The maximum Gasteiger partial charge on any atom is 0.375 e. The van der Waals surface area contributed by atoms with Gasteiger partial charge in [-0.05, 0) is 38.0 Å². The highest BCUT2D eigenvalue weighted by atomic mass is 32.2. The van der Waals surface area contributed by atoms with Gasteiger partial charge in [0, 0.05) is 36.9 Å². The molecule has 0 bridgehead atoms. The molecule has 2 aromatic rings. The minimum absolute atomic E-state index is 0.0546. The lowest BCUT2D eigenvalue weighted by atomic mass is 10.1. The number of benzene rings is 1. The van der Waals surface area contributed by atoms with Gasteiger partial charge in [-0.2, -0.15) is 4.31 Å². The van der Waals surface area contributed by atoms with Crippen LogP contribution in [0.5, 0.6) is 0 Å². The van der Waals surface area contributed by atoms with E-state index in [9.17, 15) is 18.0 Å². The average molecular weight is 423 g/mol. The number of sulfonamides is 1. The predicted octanol–water partition coefficient (Wildman–Crippen LogP) is 2.73. The zero-order valence-corrected chi connectivity index (χ0v) is 17.7. The van der Waals surface area contributed by atoms with Crippen LogP contribution in [-0.2, 0) is 19.6 Å². The number of esters is 1. The van der Waals surface area contributed by atoms with Crippen LogP contribution in [0.1, 0.15) is 55.6 Å². The first-order valence-corrected chi connectivity index (χ1v) is 11.2. The first-order valence-electron chi connectivity index (χ1n) is 9.73. The van der Waals surface area contributed by atoms with Crippen LogP contribution in [-0.4, -0.2) is 43.3 Å². The summed E-state index contributed by atoms with van der Waals surface area (Å²) in [6, 6.07) is 4.52. The number of primary amides is 1. The molecule has 0 unspecified atom stereocenters. The molecular formula is C20H26N2O6S. The smallest absolute Gasteiger partial charge is 0.375 e. The van der Waals surface area contributed by atoms with E-state index in [-0.39, 0.29) is 10.7 Å². The number of rotatable bonds is 9. The standard InChI is InChI=1S/C20H26N2O6S/c1-4-10-22(11-5-2)29(25,26)14-6-7-16-15(12-14)13(3)17(27-16)18(23)28-20(8-9-20)19(21)24/h6-7,12H,4-5,8-11H2,1-3H3,(H2,21,24). The van der Waals surface area contributed by atoms with Crippen molar-refractivity contribution < 1.29 is 27.2 Å². The van der Waals surface area contributed by atoms with Crippen molar-refractivity contribution in [3.63, 3.8) is 0 Å². The molecule has 1 heterocycles. The minimum atomic E-state index is -3.66. The van der Waals surface area contributed by atoms with Gasteiger partial charge in [-0.3, -0.25) is 4.79 Å². The Morgan fingerprint density at radius 1 is 1.21 bits per heavy atom. The van der Waals surface area contributed by atoms with Crippen molar-refractivity contribution in [2.45, 2.75) is 57.0 Å². The van der Waals surface area contributed by atoms with Crippen molar-refractivity contribution in [2.24, 2.45) is 5.73 Å². The van der Waals surface area contributed by atoms with Crippen LogP contribution >= 0.6 is 0 Å². The van der Waals surface area contributed by atoms with E-state index in [1.54, 1.807) is 6.92 Å². The molecule has 29 heavy (non-hydrogen) atoms. The molecule has 0 saturated heterocycles. The Bertz CT molecular complexity index is 1050. The van der Waals surface area contributed by atoms with Crippen molar-refractivity contribution in [3.05, 3.63) is 29.5 Å². The number of aryl methyl sites for hydroxylation is 1. The lowest BCUT2D eigenvalue weighted by molar-refractivity contribution is -0.128. The van der Waals surface area contributed by atoms with Gasteiger partial charge < -0.3 is 14.9 Å². The number of carbonyl (C=O) groups excluding carboxylic acids is 2. The largest absolute Gasteiger partial charge is 0.449 e. The summed E-state index contributed by atoms with van der Waals surface area (Å²) in [5, 5.41) is 0.509. The minimum Gasteiger partial charge on any atom is -0.449 e. The topological polar surface area (TPSA) is 120 Å². The van der Waals surface area contributed by atoms with Gasteiger partial charge in [0.1, 0.15) is 5.58 Å². The number of carbonyl (C=O) groups is 2. The molecule has 9 heteroatoms. The number of ether oxygens (including phenoxy) is 1. The Morgan fingerprint density at radius 3 is 2.34 bits per heavy atom. The zero-order chi connectivity index (χ0) is 21.4. The van der Waals surface area contributed by atoms with Crippen LogP contribution < -0.4 is 5.73 Å². The second-order valence-corrected chi connectivity index (χ2v) is 9.30. The lowest BCUT2D eigenvalue weighted by Crippen LogP contribution is -2.35. The Hall–Kier alpha value is -2.39. The van der Waals surface area contributed by atoms with E-state index in [0.29, 0.717) is 55.3 Å². The molecule has 1 fully saturated rings. The summed E-state index contributed by atoms with van der Waals surface area (Å²) < 4.78 is 38.4. The zero-order valence-electron chi connectivity index (χ0n) is 16.9. The number of fused-ring (bicyclic) bond motifs is 1. The Labute approximate surface area is 170 Å². The monoisotopic (exact) mass is 422 g/mol. The molecule has 158 valence electrons. The highest BCUT2D eigenvalue weighted by molar-refractivity contribution is 7.89. The maximum absolute atomic E-state index is 13.0. The summed E-state index contributed by atoms with van der Waals surface area (Å²) in [5.74, 6) is -1.51. The van der Waals surface area contributed by atoms with Gasteiger partial charge in [0.05, 0.1) is 4.90 Å². The van der Waals surface area contributed by atoms with Gasteiger partial charge in [-0.15, -0.1) is 0 Å². The third-order valence-corrected chi connectivity index (χ3v) is 7.01. The molecule has 0 radical (unpaired) electrons. The summed E-state index contributed by atoms with van der Waals surface area (Å²) in [7, 11) is -3.66. The number of hydrogen-bond donors (Lipinski definition) is 1. The molecule has 8 nitrogen and oxygen atoms in total. The number of furan rings is 1. The van der Waals surface area contributed by atoms with Gasteiger partial charge in [0.25, 0.3) is 5.91 Å². The highest BCUT2D eigenvalue weighted by Gasteiger charge is 2.53. The lowest BCUT2D eigenvalue weighted by Gasteiger charge is -2.21. The fraction of sp³-hybridized carbons (Fsp3) is 0.500. The Kier molecular flexibility index (Phi) is 5.73. The molecule has 1 saturated carbocycles. The van der Waals surface area contributed by atoms with Crippen molar-refractivity contribution in [2.75, 3.05) is 13.1 Å². The van der Waals surface area contributed by atoms with Crippen LogP contribution in [0.25, 0.3) is 11.0 Å². The summed E-state index contributed by atoms with van der Waals surface area (Å²) in [6.45, 7) is 6.38. The third-order valence-electron chi connectivity index (χ3n) is 5.12. The highest BCUT2D eigenvalue weighted by Crippen LogP contribution is 2.40. The number of amides is 1. The second-order valence-electron chi connectivity index (χ2n) is 7.37. The van der Waals surface area contributed by atoms with E-state index in [4.69, 9.17) is 14.9 Å². The van der Waals surface area contributed by atoms with E-state index < -0.39 is 27.5 Å². The molecule has 0 aliphatic heterocycles. The van der Waals surface area contributed by atoms with Gasteiger partial charge >= 0.3 is 5.97 Å². The van der Waals surface area contributed by atoms with Gasteiger partial charge in [-0.25, -0.2) is 13.2 Å². The van der Waals surface area contributed by atoms with Crippen LogP contribution in [0, 0.1) is 6.92 Å². The van der Waals surface area contributed by atoms with Crippen LogP contribution in [0.2, 0.25) is 0 Å². The Morgan fingerprint density at radius 2 is 1.83 bits per heavy atom. The normalized spacial score (nSPS) is 15.6. The summed E-state index contributed by atoms with van der Waals surface area (Å²) >= 11 is 0. The molecule has 1 aromatic carbocycles. The first-order chi connectivity index (χ1) is 13.7. The fourth-order valence-electron chi connectivity index (χ4n) is 3.29. The molecule has 1 amide bonds. The molecule has 0 spiro atoms. The summed E-state index contributed by atoms with van der Waals surface area (Å²) in [6.07, 6.45) is 2.20. The second kappa shape index (κ2) is 7.79. The van der Waals surface area contributed by atoms with E-state index in [2.05, 4.69) is 0 Å². The fourth-order valence-corrected chi connectivity index (χ4v) is 4.94. The molecule has 3 rings (SSSR count). The first kappa shape index (κ1) is 21.3. The maximum atomic E-state index is 13.0. The van der Waals surface area contributed by atoms with Gasteiger partial charge in [-0.1, -0.05) is 13.8 Å². The van der Waals surface area contributed by atoms with Crippen molar-refractivity contribution in [3.8, 4) is 0 Å². The predicted molar refractivity (Wildman–Crippen MR) is 107 cm³/mol. The van der Waals surface area contributed by atoms with E-state index >= 15 is 0 Å². The number of nitrogens with zero attached hydrogens (tertiary/aromatic N) is 1. The van der Waals surface area contributed by atoms with Crippen molar-refractivity contribution >= 4 is 32.9 Å². The van der Waals surface area contributed by atoms with E-state index in [1.807, 2.05) is 13.8 Å². The Balaban J connectivity index is 1.96. The average Bonchev–Trinajstić information content (AvgIpc) is 3.38. The SMILES string of the molecule is CCCN(CCC)S(=O)(=O)c1ccc2oc(C(=O)OC3(C(N)=O)CC3)c(C)c2c1. The van der Waals surface area contributed by atoms with E-state index in [0.717, 1.165) is 0 Å². The van der Waals surface area contributed by atoms with Crippen molar-refractivity contribution in [1.82, 2.24) is 4.31 Å². The molecule has 1 aliphatic carbocycles. The van der Waals surface area contributed by atoms with Gasteiger partial charge in [0.15, 0.2) is 5.60 Å². The van der Waals surface area contributed by atoms with Crippen LogP contribution in [0.15, 0.2) is 27.5 Å². The molecule has 0 atom stereocenters. The third kappa shape index (κ3) is 3.89. The molecular weight excluding hydrogens is 396 g/mol.